The summed E-state index contributed by atoms with van der Waals surface area (Å²) in [6.45, 7) is 5.46. The number of aromatic nitrogens is 2. The number of Topliss-reactive ketones (excluding diaryl/α,β-unsaturated/α-hetero) is 1. The van der Waals surface area contributed by atoms with Crippen LogP contribution in [0.1, 0.15) is 46.2 Å². The number of rotatable bonds is 6. The topological polar surface area (TPSA) is 87.2 Å². The van der Waals surface area contributed by atoms with E-state index < -0.39 is 0 Å². The van der Waals surface area contributed by atoms with E-state index >= 15 is 0 Å². The normalized spacial score (nSPS) is 13.2. The van der Waals surface area contributed by atoms with Crippen LogP contribution in [0.5, 0.6) is 0 Å². The number of carbonyl (C=O) groups excluding carboxylic acids is 2. The van der Waals surface area contributed by atoms with Gasteiger partial charge in [-0.05, 0) is 63.1 Å². The van der Waals surface area contributed by atoms with Gasteiger partial charge in [-0.1, -0.05) is 12.1 Å². The Morgan fingerprint density at radius 3 is 2.13 bits per heavy atom. The minimum Gasteiger partial charge on any atom is -0.341 e. The van der Waals surface area contributed by atoms with Crippen LogP contribution in [-0.4, -0.2) is 34.7 Å². The molecule has 1 amide bonds. The first-order chi connectivity index (χ1) is 15.0. The predicted octanol–water partition coefficient (Wildman–Crippen LogP) is 4.58. The molecule has 0 saturated carbocycles. The number of hydrogen-bond donors (Lipinski definition) is 2. The average Bonchev–Trinajstić information content (AvgIpc) is 3.30. The molecule has 1 fully saturated rings. The number of hydrogen-bond acceptors (Lipinski definition) is 6. The van der Waals surface area contributed by atoms with Crippen LogP contribution in [0.4, 0.5) is 23.1 Å². The summed E-state index contributed by atoms with van der Waals surface area (Å²) in [5, 5.41) is 6.18. The molecule has 31 heavy (non-hydrogen) atoms. The summed E-state index contributed by atoms with van der Waals surface area (Å²) < 4.78 is 0. The van der Waals surface area contributed by atoms with Crippen LogP contribution in [0.2, 0.25) is 0 Å². The van der Waals surface area contributed by atoms with Gasteiger partial charge in [0.1, 0.15) is 5.82 Å². The summed E-state index contributed by atoms with van der Waals surface area (Å²) in [7, 11) is 0. The van der Waals surface area contributed by atoms with Gasteiger partial charge in [-0.25, -0.2) is 4.98 Å². The number of aryl methyl sites for hydroxylation is 1. The molecule has 2 heterocycles. The molecule has 0 radical (unpaired) electrons. The second-order valence-electron chi connectivity index (χ2n) is 7.68. The van der Waals surface area contributed by atoms with Gasteiger partial charge in [-0.15, -0.1) is 0 Å². The van der Waals surface area contributed by atoms with Gasteiger partial charge in [-0.3, -0.25) is 9.59 Å². The van der Waals surface area contributed by atoms with Crippen molar-refractivity contribution in [1.29, 1.82) is 0 Å². The third-order valence-electron chi connectivity index (χ3n) is 5.20. The Morgan fingerprint density at radius 2 is 1.48 bits per heavy atom. The minimum atomic E-state index is -0.225. The van der Waals surface area contributed by atoms with Crippen molar-refractivity contribution >= 4 is 34.8 Å². The van der Waals surface area contributed by atoms with E-state index in [1.54, 1.807) is 24.3 Å². The molecular weight excluding hydrogens is 390 g/mol. The first-order valence-electron chi connectivity index (χ1n) is 10.4. The van der Waals surface area contributed by atoms with Crippen molar-refractivity contribution in [3.63, 3.8) is 0 Å². The number of benzene rings is 2. The summed E-state index contributed by atoms with van der Waals surface area (Å²) >= 11 is 0. The molecule has 0 bridgehead atoms. The van der Waals surface area contributed by atoms with Crippen molar-refractivity contribution in [3.8, 4) is 0 Å². The molecule has 7 nitrogen and oxygen atoms in total. The summed E-state index contributed by atoms with van der Waals surface area (Å²) in [4.78, 5) is 35.2. The van der Waals surface area contributed by atoms with Crippen molar-refractivity contribution in [2.75, 3.05) is 28.6 Å². The molecule has 0 spiro atoms. The zero-order valence-corrected chi connectivity index (χ0v) is 17.7. The Kier molecular flexibility index (Phi) is 5.93. The Bertz CT molecular complexity index is 1090. The van der Waals surface area contributed by atoms with Crippen LogP contribution < -0.4 is 15.5 Å². The highest BCUT2D eigenvalue weighted by molar-refractivity contribution is 6.05. The van der Waals surface area contributed by atoms with E-state index in [4.69, 9.17) is 0 Å². The summed E-state index contributed by atoms with van der Waals surface area (Å²) in [5.41, 5.74) is 3.55. The highest BCUT2D eigenvalue weighted by Gasteiger charge is 2.16. The van der Waals surface area contributed by atoms with Gasteiger partial charge in [0.05, 0.1) is 0 Å². The van der Waals surface area contributed by atoms with Crippen molar-refractivity contribution in [2.24, 2.45) is 0 Å². The number of nitrogens with zero attached hydrogens (tertiary/aromatic N) is 3. The molecule has 1 saturated heterocycles. The van der Waals surface area contributed by atoms with Crippen LogP contribution in [-0.2, 0) is 0 Å². The van der Waals surface area contributed by atoms with Gasteiger partial charge in [0.2, 0.25) is 5.95 Å². The number of amides is 1. The highest BCUT2D eigenvalue weighted by atomic mass is 16.1. The van der Waals surface area contributed by atoms with E-state index in [1.165, 1.54) is 19.8 Å². The van der Waals surface area contributed by atoms with Crippen molar-refractivity contribution < 1.29 is 9.59 Å². The molecule has 0 unspecified atom stereocenters. The van der Waals surface area contributed by atoms with Crippen molar-refractivity contribution in [3.05, 3.63) is 71.4 Å². The Balaban J connectivity index is 1.41. The van der Waals surface area contributed by atoms with Crippen LogP contribution in [0, 0.1) is 6.92 Å². The minimum absolute atomic E-state index is 0.0264. The van der Waals surface area contributed by atoms with Gasteiger partial charge in [0.15, 0.2) is 5.78 Å². The molecule has 2 N–H and O–H groups in total. The van der Waals surface area contributed by atoms with Crippen LogP contribution in [0.15, 0.2) is 54.6 Å². The lowest BCUT2D eigenvalue weighted by Gasteiger charge is -2.17. The van der Waals surface area contributed by atoms with Gasteiger partial charge < -0.3 is 15.5 Å². The third kappa shape index (κ3) is 5.06. The smallest absolute Gasteiger partial charge is 0.255 e. The SMILES string of the molecule is CC(=O)c1ccc(C(=O)Nc2ccc(Nc3cc(C)nc(N4CCCC4)n3)cc2)cc1. The molecule has 1 aromatic heterocycles. The van der Waals surface area contributed by atoms with E-state index in [2.05, 4.69) is 25.5 Å². The highest BCUT2D eigenvalue weighted by Crippen LogP contribution is 2.22. The zero-order valence-electron chi connectivity index (χ0n) is 17.7. The standard InChI is InChI=1S/C24H25N5O2/c1-16-15-22(28-24(25-16)29-13-3-4-14-29)26-20-9-11-21(12-10-20)27-23(31)19-7-5-18(6-8-19)17(2)30/h5-12,15H,3-4,13-14H2,1-2H3,(H,27,31)(H,25,26,28). The number of nitrogens with one attached hydrogen (secondary N) is 2. The average molecular weight is 415 g/mol. The van der Waals surface area contributed by atoms with E-state index in [1.807, 2.05) is 37.3 Å². The molecule has 0 aliphatic carbocycles. The lowest BCUT2D eigenvalue weighted by Crippen LogP contribution is -2.21. The molecule has 1 aliphatic rings. The molecule has 158 valence electrons. The van der Waals surface area contributed by atoms with E-state index in [0.29, 0.717) is 16.8 Å². The fourth-order valence-electron chi connectivity index (χ4n) is 3.52. The Hall–Kier alpha value is -3.74. The maximum Gasteiger partial charge on any atom is 0.255 e. The molecule has 2 aromatic carbocycles. The monoisotopic (exact) mass is 415 g/mol. The first kappa shape index (κ1) is 20.5. The largest absolute Gasteiger partial charge is 0.341 e. The molecule has 1 aliphatic heterocycles. The van der Waals surface area contributed by atoms with Crippen LogP contribution >= 0.6 is 0 Å². The first-order valence-corrected chi connectivity index (χ1v) is 10.4. The lowest BCUT2D eigenvalue weighted by molar-refractivity contribution is 0.101. The summed E-state index contributed by atoms with van der Waals surface area (Å²) in [5.74, 6) is 1.26. The van der Waals surface area contributed by atoms with Crippen molar-refractivity contribution in [1.82, 2.24) is 9.97 Å². The third-order valence-corrected chi connectivity index (χ3v) is 5.20. The maximum atomic E-state index is 12.4. The van der Waals surface area contributed by atoms with E-state index in [0.717, 1.165) is 36.2 Å². The predicted molar refractivity (Wildman–Crippen MR) is 122 cm³/mol. The zero-order chi connectivity index (χ0) is 21.8. The maximum absolute atomic E-state index is 12.4. The van der Waals surface area contributed by atoms with Crippen molar-refractivity contribution in [2.45, 2.75) is 26.7 Å². The van der Waals surface area contributed by atoms with E-state index in [-0.39, 0.29) is 11.7 Å². The van der Waals surface area contributed by atoms with Gasteiger partial charge in [-0.2, -0.15) is 4.98 Å². The van der Waals surface area contributed by atoms with E-state index in [9.17, 15) is 9.59 Å². The molecular formula is C24H25N5O2. The fourth-order valence-corrected chi connectivity index (χ4v) is 3.52. The lowest BCUT2D eigenvalue weighted by atomic mass is 10.1. The molecule has 0 atom stereocenters. The second-order valence-corrected chi connectivity index (χ2v) is 7.68. The molecule has 3 aromatic rings. The van der Waals surface area contributed by atoms with Gasteiger partial charge in [0, 0.05) is 47.4 Å². The summed E-state index contributed by atoms with van der Waals surface area (Å²) in [6.07, 6.45) is 2.35. The van der Waals surface area contributed by atoms with Gasteiger partial charge in [0.25, 0.3) is 5.91 Å². The second kappa shape index (κ2) is 8.95. The van der Waals surface area contributed by atoms with Crippen LogP contribution in [0.3, 0.4) is 0 Å². The number of carbonyl (C=O) groups is 2. The number of ketones is 1. The van der Waals surface area contributed by atoms with Gasteiger partial charge >= 0.3 is 0 Å². The molecule has 7 heteroatoms. The Labute approximate surface area is 181 Å². The Morgan fingerprint density at radius 1 is 0.871 bits per heavy atom. The molecule has 4 rings (SSSR count). The number of anilines is 4. The van der Waals surface area contributed by atoms with Crippen LogP contribution in [0.25, 0.3) is 0 Å². The quantitative estimate of drug-likeness (QED) is 0.573. The summed E-state index contributed by atoms with van der Waals surface area (Å²) in [6, 6.07) is 16.0. The fraction of sp³-hybridized carbons (Fsp3) is 0.250.